The summed E-state index contributed by atoms with van der Waals surface area (Å²) in [5, 5.41) is 12.3. The molecule has 2 bridgehead atoms. The van der Waals surface area contributed by atoms with Gasteiger partial charge in [0.1, 0.15) is 5.75 Å². The lowest BCUT2D eigenvalue weighted by Gasteiger charge is -2.60. The summed E-state index contributed by atoms with van der Waals surface area (Å²) in [6.07, 6.45) is 5.15. The van der Waals surface area contributed by atoms with Crippen molar-refractivity contribution >= 4 is 12.2 Å². The number of aliphatic carboxylic acids is 1. The van der Waals surface area contributed by atoms with Crippen LogP contribution in [0, 0.1) is 23.7 Å². The molecule has 4 aliphatic heterocycles. The van der Waals surface area contributed by atoms with Crippen LogP contribution in [0.5, 0.6) is 5.75 Å². The van der Waals surface area contributed by atoms with Crippen LogP contribution in [0.3, 0.4) is 0 Å². The summed E-state index contributed by atoms with van der Waals surface area (Å²) in [6.45, 7) is 6.81. The molecule has 1 spiro atoms. The lowest BCUT2D eigenvalue weighted by atomic mass is 9.58. The SMILES string of the molecule is C[C@H]1[C@@H](OCCCOc2ccccc2/C=N/OCC(=O)O)O[C@@H]2O[C@@]3(C)CCC4[C@H](C)CC[C@@H]1[C@]42OO3. The Balaban J connectivity index is 1.15. The van der Waals surface area contributed by atoms with Crippen molar-refractivity contribution in [2.75, 3.05) is 19.8 Å². The van der Waals surface area contributed by atoms with Crippen molar-refractivity contribution in [2.24, 2.45) is 28.8 Å². The van der Waals surface area contributed by atoms with Gasteiger partial charge in [-0.05, 0) is 50.2 Å². The minimum atomic E-state index is -1.08. The highest BCUT2D eigenvalue weighted by molar-refractivity contribution is 5.83. The molecule has 1 aliphatic carbocycles. The third-order valence-corrected chi connectivity index (χ3v) is 8.30. The Labute approximate surface area is 217 Å². The normalized spacial score (nSPS) is 38.7. The standard InChI is InChI=1S/C27H37NO9/c1-17-9-10-21-18(2)24(34-25-27(21)20(17)11-12-26(3,35-25)36-37-27)32-14-6-13-31-22-8-5-4-7-19(22)15-28-33-16-23(29)30/h4-5,7-8,15,17-18,20-21,24-25H,6,9-14,16H2,1-3H3,(H,29,30)/b28-15+/t17-,18-,20?,21+,24+,25-,26-,27-/m1/s1. The van der Waals surface area contributed by atoms with Gasteiger partial charge < -0.3 is 28.9 Å². The summed E-state index contributed by atoms with van der Waals surface area (Å²) < 4.78 is 25.0. The van der Waals surface area contributed by atoms with Crippen LogP contribution < -0.4 is 4.74 Å². The Hall–Kier alpha value is -2.24. The number of nitrogens with zero attached hydrogens (tertiary/aromatic N) is 1. The number of carbonyl (C=O) groups is 1. The van der Waals surface area contributed by atoms with E-state index in [1.165, 1.54) is 6.21 Å². The first-order chi connectivity index (χ1) is 17.8. The fourth-order valence-corrected chi connectivity index (χ4v) is 6.41. The third-order valence-electron chi connectivity index (χ3n) is 8.30. The topological polar surface area (TPSA) is 114 Å². The van der Waals surface area contributed by atoms with Crippen molar-refractivity contribution in [1.29, 1.82) is 0 Å². The molecule has 0 aromatic heterocycles. The number of carboxylic acids is 1. The number of hydrogen-bond acceptors (Lipinski definition) is 9. The predicted octanol–water partition coefficient (Wildman–Crippen LogP) is 4.12. The molecule has 4 heterocycles. The van der Waals surface area contributed by atoms with E-state index in [9.17, 15) is 4.79 Å². The first kappa shape index (κ1) is 26.4. The fraction of sp³-hybridized carbons (Fsp3) is 0.704. The van der Waals surface area contributed by atoms with Crippen LogP contribution in [-0.4, -0.2) is 61.1 Å². The first-order valence-corrected chi connectivity index (χ1v) is 13.2. The molecule has 0 amide bonds. The van der Waals surface area contributed by atoms with Gasteiger partial charge in [0.2, 0.25) is 12.4 Å². The van der Waals surface area contributed by atoms with E-state index in [-0.39, 0.29) is 11.8 Å². The van der Waals surface area contributed by atoms with Crippen molar-refractivity contribution in [3.05, 3.63) is 29.8 Å². The van der Waals surface area contributed by atoms with Gasteiger partial charge in [-0.2, -0.15) is 0 Å². The number of benzene rings is 1. The number of ether oxygens (including phenoxy) is 4. The Bertz CT molecular complexity index is 988. The van der Waals surface area contributed by atoms with Crippen molar-refractivity contribution in [1.82, 2.24) is 0 Å². The van der Waals surface area contributed by atoms with Crippen LogP contribution in [0.15, 0.2) is 29.4 Å². The Morgan fingerprint density at radius 1 is 1.16 bits per heavy atom. The molecular weight excluding hydrogens is 482 g/mol. The van der Waals surface area contributed by atoms with Crippen LogP contribution in [0.2, 0.25) is 0 Å². The van der Waals surface area contributed by atoms with Crippen molar-refractivity contribution < 1.29 is 43.5 Å². The van der Waals surface area contributed by atoms with Gasteiger partial charge in [0.25, 0.3) is 0 Å². The smallest absolute Gasteiger partial charge is 0.344 e. The highest BCUT2D eigenvalue weighted by atomic mass is 17.3. The van der Waals surface area contributed by atoms with Gasteiger partial charge in [-0.15, -0.1) is 0 Å². The molecule has 0 radical (unpaired) electrons. The van der Waals surface area contributed by atoms with Gasteiger partial charge in [0.05, 0.1) is 19.4 Å². The molecule has 1 saturated carbocycles. The minimum Gasteiger partial charge on any atom is -0.493 e. The molecule has 37 heavy (non-hydrogen) atoms. The fourth-order valence-electron chi connectivity index (χ4n) is 6.41. The van der Waals surface area contributed by atoms with E-state index in [2.05, 4.69) is 19.0 Å². The van der Waals surface area contributed by atoms with Crippen molar-refractivity contribution in [3.8, 4) is 5.75 Å². The molecule has 5 aliphatic rings. The number of carboxylic acid groups (broad SMARTS) is 1. The van der Waals surface area contributed by atoms with Gasteiger partial charge in [-0.25, -0.2) is 14.6 Å². The monoisotopic (exact) mass is 519 g/mol. The molecule has 1 aromatic rings. The molecular formula is C27H37NO9. The molecule has 10 heteroatoms. The molecule has 1 N–H and O–H groups in total. The van der Waals surface area contributed by atoms with E-state index in [0.717, 1.165) is 25.7 Å². The first-order valence-electron chi connectivity index (χ1n) is 13.2. The largest absolute Gasteiger partial charge is 0.493 e. The van der Waals surface area contributed by atoms with Crippen LogP contribution >= 0.6 is 0 Å². The Morgan fingerprint density at radius 3 is 2.84 bits per heavy atom. The summed E-state index contributed by atoms with van der Waals surface area (Å²) in [4.78, 5) is 27.3. The van der Waals surface area contributed by atoms with Crippen LogP contribution in [0.1, 0.15) is 58.4 Å². The Morgan fingerprint density at radius 2 is 2.00 bits per heavy atom. The summed E-state index contributed by atoms with van der Waals surface area (Å²) >= 11 is 0. The summed E-state index contributed by atoms with van der Waals surface area (Å²) in [5.41, 5.74) is 0.107. The van der Waals surface area contributed by atoms with Gasteiger partial charge in [-0.1, -0.05) is 31.1 Å². The molecule has 10 nitrogen and oxygen atoms in total. The lowest BCUT2D eigenvalue weighted by molar-refractivity contribution is -0.577. The highest BCUT2D eigenvalue weighted by Crippen LogP contribution is 2.60. The number of para-hydroxylation sites is 1. The van der Waals surface area contributed by atoms with E-state index in [0.29, 0.717) is 42.8 Å². The second-order valence-corrected chi connectivity index (χ2v) is 10.8. The van der Waals surface area contributed by atoms with Crippen molar-refractivity contribution in [2.45, 2.75) is 76.8 Å². The summed E-state index contributed by atoms with van der Waals surface area (Å²) in [6, 6.07) is 7.35. The summed E-state index contributed by atoms with van der Waals surface area (Å²) in [5.74, 6) is -0.0464. The van der Waals surface area contributed by atoms with E-state index < -0.39 is 36.5 Å². The Kier molecular flexibility index (Phi) is 7.74. The number of fused-ring (bicyclic) bond motifs is 2. The highest BCUT2D eigenvalue weighted by Gasteiger charge is 2.69. The molecule has 1 unspecified atom stereocenters. The zero-order valence-corrected chi connectivity index (χ0v) is 21.7. The molecule has 4 saturated heterocycles. The molecule has 5 fully saturated rings. The molecule has 6 rings (SSSR count). The van der Waals surface area contributed by atoms with E-state index >= 15 is 0 Å². The minimum absolute atomic E-state index is 0.129. The van der Waals surface area contributed by atoms with Gasteiger partial charge >= 0.3 is 5.97 Å². The summed E-state index contributed by atoms with van der Waals surface area (Å²) in [7, 11) is 0. The van der Waals surface area contributed by atoms with Crippen LogP contribution in [0.4, 0.5) is 0 Å². The maximum absolute atomic E-state index is 10.5. The average molecular weight is 520 g/mol. The van der Waals surface area contributed by atoms with Crippen molar-refractivity contribution in [3.63, 3.8) is 0 Å². The van der Waals surface area contributed by atoms with E-state index in [1.54, 1.807) is 0 Å². The second-order valence-electron chi connectivity index (χ2n) is 10.8. The van der Waals surface area contributed by atoms with E-state index in [1.807, 2.05) is 31.2 Å². The number of rotatable bonds is 10. The maximum Gasteiger partial charge on any atom is 0.344 e. The zero-order chi connectivity index (χ0) is 26.0. The second kappa shape index (κ2) is 10.9. The number of hydrogen-bond donors (Lipinski definition) is 1. The van der Waals surface area contributed by atoms with Crippen LogP contribution in [-0.2, 0) is 33.6 Å². The molecule has 1 aromatic carbocycles. The molecule has 8 atom stereocenters. The van der Waals surface area contributed by atoms with Gasteiger partial charge in [-0.3, -0.25) is 0 Å². The third kappa shape index (κ3) is 5.22. The average Bonchev–Trinajstić information content (AvgIpc) is 3.11. The van der Waals surface area contributed by atoms with Gasteiger partial charge in [0.15, 0.2) is 18.2 Å². The predicted molar refractivity (Wildman–Crippen MR) is 131 cm³/mol. The zero-order valence-electron chi connectivity index (χ0n) is 21.7. The lowest BCUT2D eigenvalue weighted by Crippen LogP contribution is -2.70. The maximum atomic E-state index is 10.5. The number of oxime groups is 1. The van der Waals surface area contributed by atoms with E-state index in [4.69, 9.17) is 38.7 Å². The molecule has 204 valence electrons. The van der Waals surface area contributed by atoms with Gasteiger partial charge in [0, 0.05) is 30.2 Å². The van der Waals surface area contributed by atoms with Crippen LogP contribution in [0.25, 0.3) is 0 Å². The quantitative estimate of drug-likeness (QED) is 0.211.